The standard InChI is InChI=1S/C18H23NO5/c1-11-15(10-23-13(3)21)19-17(16(11)12(2)20)18(22)24-9-14-7-5-4-6-8-14/h4-8,11,15-17,19H,9-10H2,1-3H3. The molecule has 4 unspecified atom stereocenters. The predicted molar refractivity (Wildman–Crippen MR) is 86.9 cm³/mol. The predicted octanol–water partition coefficient (Wildman–Crippen LogP) is 1.47. The molecule has 2 rings (SSSR count). The van der Waals surface area contributed by atoms with Gasteiger partial charge >= 0.3 is 11.9 Å². The van der Waals surface area contributed by atoms with Crippen molar-refractivity contribution in [2.45, 2.75) is 39.5 Å². The zero-order valence-electron chi connectivity index (χ0n) is 14.2. The van der Waals surface area contributed by atoms with Crippen LogP contribution < -0.4 is 5.32 Å². The molecule has 1 aliphatic rings. The third-order valence-electron chi connectivity index (χ3n) is 4.37. The zero-order valence-corrected chi connectivity index (χ0v) is 14.2. The fraction of sp³-hybridized carbons (Fsp3) is 0.500. The Bertz CT molecular complexity index is 601. The molecule has 1 aliphatic heterocycles. The Morgan fingerprint density at radius 1 is 1.08 bits per heavy atom. The molecule has 0 amide bonds. The van der Waals surface area contributed by atoms with Gasteiger partial charge in [0.2, 0.25) is 0 Å². The normalized spacial score (nSPS) is 26.0. The molecule has 1 saturated heterocycles. The van der Waals surface area contributed by atoms with Gasteiger partial charge in [-0.05, 0) is 18.4 Å². The van der Waals surface area contributed by atoms with Gasteiger partial charge in [-0.1, -0.05) is 37.3 Å². The Hall–Kier alpha value is -2.21. The van der Waals surface area contributed by atoms with E-state index in [9.17, 15) is 14.4 Å². The van der Waals surface area contributed by atoms with E-state index in [2.05, 4.69) is 5.32 Å². The van der Waals surface area contributed by atoms with E-state index in [0.717, 1.165) is 5.56 Å². The van der Waals surface area contributed by atoms with Crippen LogP contribution in [0, 0.1) is 11.8 Å². The molecule has 4 atom stereocenters. The second-order valence-corrected chi connectivity index (χ2v) is 6.14. The highest BCUT2D eigenvalue weighted by Crippen LogP contribution is 2.29. The molecule has 0 aliphatic carbocycles. The maximum atomic E-state index is 12.4. The van der Waals surface area contributed by atoms with E-state index in [4.69, 9.17) is 9.47 Å². The Morgan fingerprint density at radius 2 is 1.75 bits per heavy atom. The van der Waals surface area contributed by atoms with Gasteiger partial charge in [0.25, 0.3) is 0 Å². The quantitative estimate of drug-likeness (QED) is 0.794. The second kappa shape index (κ2) is 8.06. The minimum absolute atomic E-state index is 0.0815. The van der Waals surface area contributed by atoms with Crippen LogP contribution in [0.2, 0.25) is 0 Å². The van der Waals surface area contributed by atoms with Crippen molar-refractivity contribution < 1.29 is 23.9 Å². The molecule has 0 radical (unpaired) electrons. The van der Waals surface area contributed by atoms with Crippen molar-refractivity contribution in [2.75, 3.05) is 6.61 Å². The van der Waals surface area contributed by atoms with E-state index in [1.165, 1.54) is 13.8 Å². The van der Waals surface area contributed by atoms with Crippen LogP contribution in [0.1, 0.15) is 26.3 Å². The van der Waals surface area contributed by atoms with Gasteiger partial charge in [0.1, 0.15) is 25.0 Å². The van der Waals surface area contributed by atoms with Gasteiger partial charge in [0.15, 0.2) is 0 Å². The summed E-state index contributed by atoms with van der Waals surface area (Å²) in [5.74, 6) is -1.55. The Kier molecular flexibility index (Phi) is 6.09. The SMILES string of the molecule is CC(=O)OCC1NC(C(=O)OCc2ccccc2)C(C(C)=O)C1C. The van der Waals surface area contributed by atoms with Crippen molar-refractivity contribution in [1.82, 2.24) is 5.32 Å². The lowest BCUT2D eigenvalue weighted by Gasteiger charge is -2.18. The fourth-order valence-electron chi connectivity index (χ4n) is 3.09. The number of hydrogen-bond acceptors (Lipinski definition) is 6. The Labute approximate surface area is 141 Å². The number of nitrogens with one attached hydrogen (secondary N) is 1. The first-order valence-electron chi connectivity index (χ1n) is 8.00. The summed E-state index contributed by atoms with van der Waals surface area (Å²) in [6, 6.07) is 8.38. The number of benzene rings is 1. The van der Waals surface area contributed by atoms with Gasteiger partial charge in [0, 0.05) is 18.9 Å². The van der Waals surface area contributed by atoms with E-state index in [1.807, 2.05) is 37.3 Å². The molecule has 24 heavy (non-hydrogen) atoms. The average Bonchev–Trinajstić information content (AvgIpc) is 2.88. The topological polar surface area (TPSA) is 81.7 Å². The first kappa shape index (κ1) is 18.1. The van der Waals surface area contributed by atoms with Gasteiger partial charge in [-0.15, -0.1) is 0 Å². The molecular formula is C18H23NO5. The third kappa shape index (κ3) is 4.41. The highest BCUT2D eigenvalue weighted by Gasteiger charge is 2.47. The lowest BCUT2D eigenvalue weighted by molar-refractivity contribution is -0.150. The molecule has 6 heteroatoms. The molecular weight excluding hydrogens is 310 g/mol. The van der Waals surface area contributed by atoms with Crippen molar-refractivity contribution in [3.63, 3.8) is 0 Å². The minimum atomic E-state index is -0.721. The summed E-state index contributed by atoms with van der Waals surface area (Å²) < 4.78 is 10.4. The van der Waals surface area contributed by atoms with Gasteiger partial charge in [-0.3, -0.25) is 19.7 Å². The van der Waals surface area contributed by atoms with Crippen LogP contribution >= 0.6 is 0 Å². The fourth-order valence-corrected chi connectivity index (χ4v) is 3.09. The lowest BCUT2D eigenvalue weighted by Crippen LogP contribution is -2.42. The summed E-state index contributed by atoms with van der Waals surface area (Å²) in [5.41, 5.74) is 0.882. The number of hydrogen-bond donors (Lipinski definition) is 1. The van der Waals surface area contributed by atoms with Crippen molar-refractivity contribution in [3.05, 3.63) is 35.9 Å². The average molecular weight is 333 g/mol. The van der Waals surface area contributed by atoms with E-state index >= 15 is 0 Å². The lowest BCUT2D eigenvalue weighted by atomic mass is 9.86. The number of Topliss-reactive ketones (excluding diaryl/α,β-unsaturated/α-hetero) is 1. The summed E-state index contributed by atoms with van der Waals surface area (Å²) >= 11 is 0. The van der Waals surface area contributed by atoms with Crippen LogP contribution in [0.3, 0.4) is 0 Å². The van der Waals surface area contributed by atoms with Crippen LogP contribution in [-0.2, 0) is 30.5 Å². The molecule has 1 aromatic carbocycles. The number of ketones is 1. The largest absolute Gasteiger partial charge is 0.464 e. The second-order valence-electron chi connectivity index (χ2n) is 6.14. The summed E-state index contributed by atoms with van der Waals surface area (Å²) in [4.78, 5) is 35.4. The third-order valence-corrected chi connectivity index (χ3v) is 4.37. The van der Waals surface area contributed by atoms with E-state index in [1.54, 1.807) is 0 Å². The first-order valence-corrected chi connectivity index (χ1v) is 8.00. The van der Waals surface area contributed by atoms with Crippen LogP contribution in [-0.4, -0.2) is 36.4 Å². The molecule has 1 fully saturated rings. The highest BCUT2D eigenvalue weighted by molar-refractivity contribution is 5.88. The summed E-state index contributed by atoms with van der Waals surface area (Å²) in [5, 5.41) is 3.09. The molecule has 1 N–H and O–H groups in total. The molecule has 0 spiro atoms. The zero-order chi connectivity index (χ0) is 17.7. The molecule has 0 saturated carbocycles. The first-order chi connectivity index (χ1) is 11.4. The molecule has 0 bridgehead atoms. The maximum absolute atomic E-state index is 12.4. The number of carbonyl (C=O) groups excluding carboxylic acids is 3. The number of rotatable bonds is 6. The molecule has 0 aromatic heterocycles. The van der Waals surface area contributed by atoms with Crippen molar-refractivity contribution in [1.29, 1.82) is 0 Å². The van der Waals surface area contributed by atoms with Gasteiger partial charge in [0.05, 0.1) is 0 Å². The Morgan fingerprint density at radius 3 is 2.33 bits per heavy atom. The molecule has 6 nitrogen and oxygen atoms in total. The van der Waals surface area contributed by atoms with E-state index < -0.39 is 23.9 Å². The Balaban J connectivity index is 2.01. The van der Waals surface area contributed by atoms with Crippen molar-refractivity contribution in [3.8, 4) is 0 Å². The maximum Gasteiger partial charge on any atom is 0.324 e. The van der Waals surface area contributed by atoms with E-state index in [-0.39, 0.29) is 31.0 Å². The summed E-state index contributed by atoms with van der Waals surface area (Å²) in [6.45, 7) is 4.95. The summed E-state index contributed by atoms with van der Waals surface area (Å²) in [6.07, 6.45) is 0. The van der Waals surface area contributed by atoms with E-state index in [0.29, 0.717) is 0 Å². The number of carbonyl (C=O) groups is 3. The van der Waals surface area contributed by atoms with Gasteiger partial charge in [-0.2, -0.15) is 0 Å². The number of ether oxygens (including phenoxy) is 2. The molecule has 1 aromatic rings. The smallest absolute Gasteiger partial charge is 0.324 e. The monoisotopic (exact) mass is 333 g/mol. The van der Waals surface area contributed by atoms with Crippen LogP contribution in [0.15, 0.2) is 30.3 Å². The summed E-state index contributed by atoms with van der Waals surface area (Å²) in [7, 11) is 0. The van der Waals surface area contributed by atoms with Crippen LogP contribution in [0.5, 0.6) is 0 Å². The van der Waals surface area contributed by atoms with Crippen molar-refractivity contribution >= 4 is 17.7 Å². The van der Waals surface area contributed by atoms with Crippen LogP contribution in [0.4, 0.5) is 0 Å². The van der Waals surface area contributed by atoms with Crippen LogP contribution in [0.25, 0.3) is 0 Å². The van der Waals surface area contributed by atoms with Crippen molar-refractivity contribution in [2.24, 2.45) is 11.8 Å². The minimum Gasteiger partial charge on any atom is -0.464 e. The molecule has 130 valence electrons. The molecule has 1 heterocycles. The van der Waals surface area contributed by atoms with Gasteiger partial charge in [-0.25, -0.2) is 0 Å². The van der Waals surface area contributed by atoms with Gasteiger partial charge < -0.3 is 9.47 Å². The highest BCUT2D eigenvalue weighted by atomic mass is 16.5. The number of esters is 2.